The Kier molecular flexibility index (Phi) is 5.20. The van der Waals surface area contributed by atoms with Crippen molar-refractivity contribution in [1.29, 1.82) is 0 Å². The summed E-state index contributed by atoms with van der Waals surface area (Å²) in [5.41, 5.74) is 2.42. The molecule has 150 valence electrons. The van der Waals surface area contributed by atoms with Gasteiger partial charge in [0.2, 0.25) is 5.91 Å². The lowest BCUT2D eigenvalue weighted by Gasteiger charge is -2.36. The molecule has 0 bridgehead atoms. The van der Waals surface area contributed by atoms with E-state index < -0.39 is 0 Å². The Bertz CT molecular complexity index is 1040. The zero-order chi connectivity index (χ0) is 20.4. The molecule has 1 saturated heterocycles. The number of ether oxygens (including phenoxy) is 1. The monoisotopic (exact) mass is 392 g/mol. The molecule has 3 aromatic rings. The zero-order valence-electron chi connectivity index (χ0n) is 16.6. The number of nitrogens with zero attached hydrogens (tertiary/aromatic N) is 4. The minimum absolute atomic E-state index is 0.0374. The maximum absolute atomic E-state index is 13.0. The van der Waals surface area contributed by atoms with E-state index in [1.807, 2.05) is 52.8 Å². The summed E-state index contributed by atoms with van der Waals surface area (Å²) < 4.78 is 7.11. The highest BCUT2D eigenvalue weighted by Gasteiger charge is 2.28. The summed E-state index contributed by atoms with van der Waals surface area (Å²) in [6.45, 7) is 3.96. The highest BCUT2D eigenvalue weighted by Crippen LogP contribution is 2.20. The van der Waals surface area contributed by atoms with Crippen molar-refractivity contribution in [3.05, 3.63) is 60.4 Å². The quantitative estimate of drug-likeness (QED) is 0.685. The van der Waals surface area contributed by atoms with E-state index in [1.165, 1.54) is 0 Å². The molecule has 1 aromatic heterocycles. The number of hydrogen-bond donors (Lipinski definition) is 0. The summed E-state index contributed by atoms with van der Waals surface area (Å²) in [5, 5.41) is 0. The summed E-state index contributed by atoms with van der Waals surface area (Å²) in [6.07, 6.45) is 1.72. The zero-order valence-corrected chi connectivity index (χ0v) is 16.6. The molecule has 0 spiro atoms. The smallest absolute Gasteiger partial charge is 0.254 e. The highest BCUT2D eigenvalue weighted by atomic mass is 16.5. The van der Waals surface area contributed by atoms with E-state index in [1.54, 1.807) is 30.5 Å². The molecule has 1 unspecified atom stereocenters. The summed E-state index contributed by atoms with van der Waals surface area (Å²) >= 11 is 0. The van der Waals surface area contributed by atoms with Gasteiger partial charge in [0.1, 0.15) is 11.8 Å². The molecule has 2 amide bonds. The van der Waals surface area contributed by atoms with Crippen molar-refractivity contribution >= 4 is 22.8 Å². The van der Waals surface area contributed by atoms with Crippen LogP contribution in [0.3, 0.4) is 0 Å². The van der Waals surface area contributed by atoms with Crippen molar-refractivity contribution in [3.8, 4) is 5.75 Å². The Morgan fingerprint density at radius 1 is 1.00 bits per heavy atom. The van der Waals surface area contributed by atoms with Crippen LogP contribution in [0, 0.1) is 0 Å². The van der Waals surface area contributed by atoms with Crippen LogP contribution in [-0.2, 0) is 4.79 Å². The van der Waals surface area contributed by atoms with E-state index in [0.29, 0.717) is 37.5 Å². The van der Waals surface area contributed by atoms with Crippen LogP contribution in [0.25, 0.3) is 11.0 Å². The molecule has 1 aliphatic rings. The molecule has 2 aromatic carbocycles. The Hall–Kier alpha value is -3.35. The van der Waals surface area contributed by atoms with E-state index in [0.717, 1.165) is 11.0 Å². The second kappa shape index (κ2) is 7.95. The standard InChI is InChI=1S/C22H24N4O3/c1-16(26-15-23-19-8-3-4-9-20(19)26)21(27)24-10-12-25(13-11-24)22(28)17-6-5-7-18(14-17)29-2/h3-9,14-16H,10-13H2,1-2H3. The third kappa shape index (κ3) is 3.68. The number of carbonyl (C=O) groups excluding carboxylic acids is 2. The van der Waals surface area contributed by atoms with Gasteiger partial charge < -0.3 is 19.1 Å². The van der Waals surface area contributed by atoms with Gasteiger partial charge in [0, 0.05) is 31.7 Å². The van der Waals surface area contributed by atoms with E-state index in [4.69, 9.17) is 4.74 Å². The predicted molar refractivity (Wildman–Crippen MR) is 110 cm³/mol. The molecule has 0 aliphatic carbocycles. The molecular weight excluding hydrogens is 368 g/mol. The third-order valence-electron chi connectivity index (χ3n) is 5.45. The topological polar surface area (TPSA) is 67.7 Å². The predicted octanol–water partition coefficient (Wildman–Crippen LogP) is 2.59. The molecular formula is C22H24N4O3. The van der Waals surface area contributed by atoms with Crippen LogP contribution in [0.15, 0.2) is 54.9 Å². The minimum atomic E-state index is -0.344. The minimum Gasteiger partial charge on any atom is -0.497 e. The molecule has 1 fully saturated rings. The van der Waals surface area contributed by atoms with E-state index in [2.05, 4.69) is 4.98 Å². The first kappa shape index (κ1) is 19.0. The lowest BCUT2D eigenvalue weighted by molar-refractivity contribution is -0.135. The van der Waals surface area contributed by atoms with Crippen LogP contribution in [0.2, 0.25) is 0 Å². The lowest BCUT2D eigenvalue weighted by atomic mass is 10.1. The van der Waals surface area contributed by atoms with Crippen LogP contribution in [-0.4, -0.2) is 64.5 Å². The Morgan fingerprint density at radius 2 is 1.72 bits per heavy atom. The number of benzene rings is 2. The molecule has 0 N–H and O–H groups in total. The molecule has 2 heterocycles. The van der Waals surface area contributed by atoms with Gasteiger partial charge in [-0.25, -0.2) is 4.98 Å². The number of imidazole rings is 1. The fourth-order valence-electron chi connectivity index (χ4n) is 3.74. The molecule has 0 saturated carbocycles. The fraction of sp³-hybridized carbons (Fsp3) is 0.318. The molecule has 4 rings (SSSR count). The summed E-state index contributed by atoms with van der Waals surface area (Å²) in [6, 6.07) is 14.6. The van der Waals surface area contributed by atoms with Gasteiger partial charge in [0.05, 0.1) is 24.5 Å². The lowest BCUT2D eigenvalue weighted by Crippen LogP contribution is -2.51. The van der Waals surface area contributed by atoms with E-state index in [9.17, 15) is 9.59 Å². The Balaban J connectivity index is 1.41. The van der Waals surface area contributed by atoms with Gasteiger partial charge in [-0.05, 0) is 37.3 Å². The van der Waals surface area contributed by atoms with Crippen molar-refractivity contribution in [3.63, 3.8) is 0 Å². The van der Waals surface area contributed by atoms with Crippen molar-refractivity contribution in [1.82, 2.24) is 19.4 Å². The van der Waals surface area contributed by atoms with Gasteiger partial charge in [-0.3, -0.25) is 9.59 Å². The largest absolute Gasteiger partial charge is 0.497 e. The van der Waals surface area contributed by atoms with Gasteiger partial charge in [-0.1, -0.05) is 18.2 Å². The van der Waals surface area contributed by atoms with Crippen molar-refractivity contribution < 1.29 is 14.3 Å². The Morgan fingerprint density at radius 3 is 2.48 bits per heavy atom. The average Bonchev–Trinajstić information content (AvgIpc) is 3.22. The van der Waals surface area contributed by atoms with Crippen LogP contribution < -0.4 is 4.74 Å². The number of amides is 2. The molecule has 7 nitrogen and oxygen atoms in total. The van der Waals surface area contributed by atoms with Gasteiger partial charge >= 0.3 is 0 Å². The van der Waals surface area contributed by atoms with E-state index >= 15 is 0 Å². The summed E-state index contributed by atoms with van der Waals surface area (Å²) in [7, 11) is 1.58. The summed E-state index contributed by atoms with van der Waals surface area (Å²) in [4.78, 5) is 33.8. The van der Waals surface area contributed by atoms with E-state index in [-0.39, 0.29) is 17.9 Å². The van der Waals surface area contributed by atoms with Crippen LogP contribution in [0.1, 0.15) is 23.3 Å². The molecule has 1 atom stereocenters. The van der Waals surface area contributed by atoms with Gasteiger partial charge in [0.15, 0.2) is 0 Å². The fourth-order valence-corrected chi connectivity index (χ4v) is 3.74. The SMILES string of the molecule is COc1cccc(C(=O)N2CCN(C(=O)C(C)n3cnc4ccccc43)CC2)c1. The molecule has 1 aliphatic heterocycles. The first-order valence-electron chi connectivity index (χ1n) is 9.72. The van der Waals surface area contributed by atoms with Crippen LogP contribution in [0.5, 0.6) is 5.75 Å². The normalized spacial score (nSPS) is 15.4. The van der Waals surface area contributed by atoms with Crippen LogP contribution in [0.4, 0.5) is 0 Å². The number of piperazine rings is 1. The van der Waals surface area contributed by atoms with Gasteiger partial charge in [0.25, 0.3) is 5.91 Å². The number of hydrogen-bond acceptors (Lipinski definition) is 4. The number of para-hydroxylation sites is 2. The number of fused-ring (bicyclic) bond motifs is 1. The number of aromatic nitrogens is 2. The van der Waals surface area contributed by atoms with Crippen molar-refractivity contribution in [2.24, 2.45) is 0 Å². The van der Waals surface area contributed by atoms with Crippen LogP contribution >= 0.6 is 0 Å². The maximum Gasteiger partial charge on any atom is 0.254 e. The number of methoxy groups -OCH3 is 1. The second-order valence-corrected chi connectivity index (χ2v) is 7.17. The second-order valence-electron chi connectivity index (χ2n) is 7.17. The maximum atomic E-state index is 13.0. The number of rotatable bonds is 4. The molecule has 29 heavy (non-hydrogen) atoms. The molecule has 7 heteroatoms. The van der Waals surface area contributed by atoms with Crippen molar-refractivity contribution in [2.45, 2.75) is 13.0 Å². The highest BCUT2D eigenvalue weighted by molar-refractivity contribution is 5.95. The van der Waals surface area contributed by atoms with Gasteiger partial charge in [-0.2, -0.15) is 0 Å². The first-order valence-corrected chi connectivity index (χ1v) is 9.72. The summed E-state index contributed by atoms with van der Waals surface area (Å²) in [5.74, 6) is 0.664. The Labute approximate surface area is 169 Å². The third-order valence-corrected chi connectivity index (χ3v) is 5.45. The first-order chi connectivity index (χ1) is 14.1. The number of carbonyl (C=O) groups is 2. The van der Waals surface area contributed by atoms with Gasteiger partial charge in [-0.15, -0.1) is 0 Å². The van der Waals surface area contributed by atoms with Crippen molar-refractivity contribution in [2.75, 3.05) is 33.3 Å². The molecule has 0 radical (unpaired) electrons. The average molecular weight is 392 g/mol.